The van der Waals surface area contributed by atoms with Gasteiger partial charge in [-0.2, -0.15) is 0 Å². The van der Waals surface area contributed by atoms with Gasteiger partial charge in [0, 0.05) is 6.20 Å². The molecule has 0 aliphatic rings. The number of rotatable bonds is 1. The first kappa shape index (κ1) is 11.6. The van der Waals surface area contributed by atoms with Crippen LogP contribution in [0.25, 0.3) is 0 Å². The molecule has 0 saturated carbocycles. The van der Waals surface area contributed by atoms with Gasteiger partial charge in [-0.1, -0.05) is 26.8 Å². The topological polar surface area (TPSA) is 50.2 Å². The molecule has 0 bridgehead atoms. The van der Waals surface area contributed by atoms with Crippen LogP contribution in [0.3, 0.4) is 0 Å². The zero-order chi connectivity index (χ0) is 10.3. The maximum absolute atomic E-state index is 10.1. The second-order valence-corrected chi connectivity index (χ2v) is 3.25. The van der Waals surface area contributed by atoms with Crippen molar-refractivity contribution in [2.75, 3.05) is 0 Å². The number of hydrogen-bond acceptors (Lipinski definition) is 2. The summed E-state index contributed by atoms with van der Waals surface area (Å²) in [7, 11) is 0. The van der Waals surface area contributed by atoms with Gasteiger partial charge in [0.15, 0.2) is 0 Å². The molecule has 72 valence electrons. The van der Waals surface area contributed by atoms with Gasteiger partial charge in [0.1, 0.15) is 5.69 Å². The van der Waals surface area contributed by atoms with E-state index in [0.717, 1.165) is 5.92 Å². The minimum atomic E-state index is -0.990. The van der Waals surface area contributed by atoms with Crippen LogP contribution >= 0.6 is 0 Å². The predicted octanol–water partition coefficient (Wildman–Crippen LogP) is 2.44. The lowest BCUT2D eigenvalue weighted by Gasteiger charge is -1.87. The minimum absolute atomic E-state index is 0.0810. The number of nitrogens with zero attached hydrogens (tertiary/aromatic N) is 1. The Morgan fingerprint density at radius 2 is 1.92 bits per heavy atom. The fraction of sp³-hybridized carbons (Fsp3) is 0.400. The van der Waals surface area contributed by atoms with Crippen LogP contribution in [0.2, 0.25) is 0 Å². The Hall–Kier alpha value is -1.38. The Morgan fingerprint density at radius 3 is 2.15 bits per heavy atom. The molecule has 1 rings (SSSR count). The summed E-state index contributed by atoms with van der Waals surface area (Å²) in [6.45, 7) is 6.50. The van der Waals surface area contributed by atoms with Crippen molar-refractivity contribution in [2.45, 2.75) is 20.8 Å². The van der Waals surface area contributed by atoms with E-state index in [1.165, 1.54) is 12.3 Å². The van der Waals surface area contributed by atoms with Gasteiger partial charge in [-0.15, -0.1) is 0 Å². The van der Waals surface area contributed by atoms with Gasteiger partial charge in [-0.25, -0.2) is 9.78 Å². The molecule has 0 saturated heterocycles. The van der Waals surface area contributed by atoms with Crippen LogP contribution in [0.15, 0.2) is 24.4 Å². The highest BCUT2D eigenvalue weighted by Gasteiger charge is 1.98. The van der Waals surface area contributed by atoms with Crippen molar-refractivity contribution < 1.29 is 9.90 Å². The van der Waals surface area contributed by atoms with Crippen molar-refractivity contribution in [3.63, 3.8) is 0 Å². The molecule has 3 nitrogen and oxygen atoms in total. The Morgan fingerprint density at radius 1 is 1.38 bits per heavy atom. The van der Waals surface area contributed by atoms with E-state index in [-0.39, 0.29) is 5.69 Å². The smallest absolute Gasteiger partial charge is 0.354 e. The number of aromatic carboxylic acids is 1. The van der Waals surface area contributed by atoms with Crippen molar-refractivity contribution in [3.05, 3.63) is 30.1 Å². The van der Waals surface area contributed by atoms with Gasteiger partial charge in [-0.05, 0) is 18.1 Å². The summed E-state index contributed by atoms with van der Waals surface area (Å²) in [5.74, 6) is -0.157. The van der Waals surface area contributed by atoms with E-state index in [1.54, 1.807) is 12.1 Å². The van der Waals surface area contributed by atoms with Gasteiger partial charge in [0.2, 0.25) is 0 Å². The monoisotopic (exact) mass is 181 g/mol. The van der Waals surface area contributed by atoms with Crippen molar-refractivity contribution in [3.8, 4) is 0 Å². The van der Waals surface area contributed by atoms with Crippen molar-refractivity contribution in [2.24, 2.45) is 5.92 Å². The van der Waals surface area contributed by atoms with Gasteiger partial charge < -0.3 is 5.11 Å². The first-order valence-electron chi connectivity index (χ1n) is 4.18. The SMILES string of the molecule is CC(C)C.O=C(O)c1ccccn1. The zero-order valence-electron chi connectivity index (χ0n) is 8.19. The van der Waals surface area contributed by atoms with Gasteiger partial charge in [0.25, 0.3) is 0 Å². The Balaban J connectivity index is 0.000000310. The molecule has 0 aromatic carbocycles. The molecule has 0 atom stereocenters. The number of aromatic nitrogens is 1. The van der Waals surface area contributed by atoms with E-state index >= 15 is 0 Å². The van der Waals surface area contributed by atoms with Gasteiger partial charge in [0.05, 0.1) is 0 Å². The molecule has 0 aliphatic heterocycles. The van der Waals surface area contributed by atoms with Gasteiger partial charge >= 0.3 is 5.97 Å². The molecule has 0 fully saturated rings. The summed E-state index contributed by atoms with van der Waals surface area (Å²) in [6, 6.07) is 4.76. The van der Waals surface area contributed by atoms with Crippen LogP contribution in [0.4, 0.5) is 0 Å². The van der Waals surface area contributed by atoms with Crippen molar-refractivity contribution >= 4 is 5.97 Å². The third-order valence-corrected chi connectivity index (χ3v) is 0.884. The second kappa shape index (κ2) is 6.17. The largest absolute Gasteiger partial charge is 0.477 e. The number of carbonyl (C=O) groups is 1. The molecule has 13 heavy (non-hydrogen) atoms. The first-order valence-corrected chi connectivity index (χ1v) is 4.18. The summed E-state index contributed by atoms with van der Waals surface area (Å²) < 4.78 is 0. The lowest BCUT2D eigenvalue weighted by molar-refractivity contribution is 0.0690. The predicted molar refractivity (Wildman–Crippen MR) is 51.7 cm³/mol. The highest BCUT2D eigenvalue weighted by atomic mass is 16.4. The molecular formula is C10H15NO2. The normalized spacial score (nSPS) is 8.92. The average Bonchev–Trinajstić information content (AvgIpc) is 2.05. The maximum atomic E-state index is 10.1. The van der Waals surface area contributed by atoms with Gasteiger partial charge in [-0.3, -0.25) is 0 Å². The maximum Gasteiger partial charge on any atom is 0.354 e. The summed E-state index contributed by atoms with van der Waals surface area (Å²) in [4.78, 5) is 13.7. The molecule has 0 aliphatic carbocycles. The standard InChI is InChI=1S/C6H5NO2.C4H10/c8-6(9)5-3-1-2-4-7-5;1-4(2)3/h1-4H,(H,8,9);4H,1-3H3. The van der Waals surface area contributed by atoms with Crippen LogP contribution in [0, 0.1) is 5.92 Å². The van der Waals surface area contributed by atoms with E-state index < -0.39 is 5.97 Å². The molecule has 0 radical (unpaired) electrons. The van der Waals surface area contributed by atoms with Crippen molar-refractivity contribution in [1.82, 2.24) is 4.98 Å². The molecule has 1 aromatic rings. The fourth-order valence-corrected chi connectivity index (χ4v) is 0.489. The second-order valence-electron chi connectivity index (χ2n) is 3.25. The third-order valence-electron chi connectivity index (χ3n) is 0.884. The fourth-order valence-electron chi connectivity index (χ4n) is 0.489. The van der Waals surface area contributed by atoms with Crippen LogP contribution in [0.5, 0.6) is 0 Å². The van der Waals surface area contributed by atoms with E-state index in [2.05, 4.69) is 25.8 Å². The molecular weight excluding hydrogens is 166 g/mol. The summed E-state index contributed by atoms with van der Waals surface area (Å²) in [6.07, 6.45) is 1.45. The Labute approximate surface area is 78.4 Å². The lowest BCUT2D eigenvalue weighted by Crippen LogP contribution is -1.97. The number of pyridine rings is 1. The zero-order valence-corrected chi connectivity index (χ0v) is 8.19. The molecule has 1 N–H and O–H groups in total. The molecule has 0 unspecified atom stereocenters. The van der Waals surface area contributed by atoms with E-state index in [4.69, 9.17) is 5.11 Å². The van der Waals surface area contributed by atoms with E-state index in [0.29, 0.717) is 0 Å². The van der Waals surface area contributed by atoms with Crippen LogP contribution in [-0.2, 0) is 0 Å². The van der Waals surface area contributed by atoms with Crippen molar-refractivity contribution in [1.29, 1.82) is 0 Å². The third kappa shape index (κ3) is 7.00. The highest BCUT2D eigenvalue weighted by Crippen LogP contribution is 1.90. The average molecular weight is 181 g/mol. The first-order chi connectivity index (χ1) is 6.04. The summed E-state index contributed by atoms with van der Waals surface area (Å²) >= 11 is 0. The molecule has 0 spiro atoms. The molecule has 0 amide bonds. The van der Waals surface area contributed by atoms with E-state index in [9.17, 15) is 4.79 Å². The van der Waals surface area contributed by atoms with Crippen LogP contribution in [-0.4, -0.2) is 16.1 Å². The van der Waals surface area contributed by atoms with E-state index in [1.807, 2.05) is 0 Å². The highest BCUT2D eigenvalue weighted by molar-refractivity contribution is 5.85. The quantitative estimate of drug-likeness (QED) is 0.723. The number of hydrogen-bond donors (Lipinski definition) is 1. The molecule has 3 heteroatoms. The van der Waals surface area contributed by atoms with Crippen LogP contribution < -0.4 is 0 Å². The Bertz CT molecular complexity index is 242. The molecule has 1 aromatic heterocycles. The van der Waals surface area contributed by atoms with Crippen LogP contribution in [0.1, 0.15) is 31.3 Å². The summed E-state index contributed by atoms with van der Waals surface area (Å²) in [5.41, 5.74) is 0.0810. The number of carboxylic acids is 1. The lowest BCUT2D eigenvalue weighted by atomic mass is 10.3. The number of carboxylic acid groups (broad SMARTS) is 1. The minimum Gasteiger partial charge on any atom is -0.477 e. The summed E-state index contributed by atoms with van der Waals surface area (Å²) in [5, 5.41) is 8.32. The molecule has 1 heterocycles. The Kier molecular flexibility index (Phi) is 5.52.